The number of benzene rings is 1. The SMILES string of the molecule is OB(O)c1c(Cl)cc(Br)c(Cl)c1F. The third-order valence-electron chi connectivity index (χ3n) is 1.41. The predicted molar refractivity (Wildman–Crippen MR) is 53.9 cm³/mol. The molecule has 0 saturated carbocycles. The lowest BCUT2D eigenvalue weighted by Gasteiger charge is -2.07. The molecular formula is C6H3BBrCl2FO2. The number of hydrogen-bond acceptors (Lipinski definition) is 2. The Morgan fingerprint density at radius 2 is 1.92 bits per heavy atom. The van der Waals surface area contributed by atoms with Crippen molar-refractivity contribution in [3.8, 4) is 0 Å². The van der Waals surface area contributed by atoms with Crippen molar-refractivity contribution < 1.29 is 14.4 Å². The van der Waals surface area contributed by atoms with Gasteiger partial charge in [0.25, 0.3) is 0 Å². The molecule has 1 rings (SSSR count). The van der Waals surface area contributed by atoms with Crippen molar-refractivity contribution in [2.45, 2.75) is 0 Å². The molecule has 0 heterocycles. The van der Waals surface area contributed by atoms with E-state index < -0.39 is 18.4 Å². The first-order chi connectivity index (χ1) is 5.95. The maximum Gasteiger partial charge on any atom is 0.493 e. The zero-order valence-electron chi connectivity index (χ0n) is 6.06. The molecule has 0 unspecified atom stereocenters. The van der Waals surface area contributed by atoms with E-state index in [4.69, 9.17) is 33.2 Å². The van der Waals surface area contributed by atoms with Gasteiger partial charge in [-0.3, -0.25) is 0 Å². The monoisotopic (exact) mass is 286 g/mol. The Bertz CT molecular complexity index is 348. The van der Waals surface area contributed by atoms with E-state index in [0.29, 0.717) is 0 Å². The van der Waals surface area contributed by atoms with Gasteiger partial charge in [0.15, 0.2) is 0 Å². The Morgan fingerprint density at radius 1 is 1.38 bits per heavy atom. The maximum atomic E-state index is 13.2. The van der Waals surface area contributed by atoms with Crippen molar-refractivity contribution in [1.82, 2.24) is 0 Å². The summed E-state index contributed by atoms with van der Waals surface area (Å²) < 4.78 is 13.5. The second kappa shape index (κ2) is 4.15. The fraction of sp³-hybridized carbons (Fsp3) is 0. The lowest BCUT2D eigenvalue weighted by atomic mass is 9.80. The summed E-state index contributed by atoms with van der Waals surface area (Å²) in [5.41, 5.74) is -0.421. The Morgan fingerprint density at radius 3 is 2.38 bits per heavy atom. The van der Waals surface area contributed by atoms with Crippen LogP contribution in [0.1, 0.15) is 0 Å². The Hall–Kier alpha value is 0.195. The molecule has 0 amide bonds. The molecule has 0 aliphatic rings. The fourth-order valence-corrected chi connectivity index (χ4v) is 1.80. The minimum atomic E-state index is -1.97. The highest BCUT2D eigenvalue weighted by molar-refractivity contribution is 9.10. The molecule has 0 fully saturated rings. The molecule has 2 N–H and O–H groups in total. The second-order valence-corrected chi connectivity index (χ2v) is 3.90. The molecule has 0 radical (unpaired) electrons. The second-order valence-electron chi connectivity index (χ2n) is 2.26. The van der Waals surface area contributed by atoms with E-state index >= 15 is 0 Å². The largest absolute Gasteiger partial charge is 0.493 e. The van der Waals surface area contributed by atoms with E-state index in [0.717, 1.165) is 0 Å². The highest BCUT2D eigenvalue weighted by Gasteiger charge is 2.24. The van der Waals surface area contributed by atoms with Crippen LogP contribution < -0.4 is 5.46 Å². The summed E-state index contributed by atoms with van der Waals surface area (Å²) in [5.74, 6) is -0.934. The first-order valence-electron chi connectivity index (χ1n) is 3.14. The number of halogens is 4. The van der Waals surface area contributed by atoms with Gasteiger partial charge in [0.2, 0.25) is 0 Å². The van der Waals surface area contributed by atoms with Gasteiger partial charge >= 0.3 is 7.12 Å². The quantitative estimate of drug-likeness (QED) is 0.468. The molecule has 13 heavy (non-hydrogen) atoms. The highest BCUT2D eigenvalue weighted by Crippen LogP contribution is 2.27. The van der Waals surface area contributed by atoms with E-state index in [2.05, 4.69) is 15.9 Å². The summed E-state index contributed by atoms with van der Waals surface area (Å²) in [5, 5.41) is 17.2. The van der Waals surface area contributed by atoms with Crippen LogP contribution in [0.15, 0.2) is 10.5 Å². The van der Waals surface area contributed by atoms with E-state index in [1.165, 1.54) is 6.07 Å². The third kappa shape index (κ3) is 2.17. The molecule has 0 aliphatic heterocycles. The van der Waals surface area contributed by atoms with Crippen molar-refractivity contribution in [3.05, 3.63) is 26.4 Å². The fourth-order valence-electron chi connectivity index (χ4n) is 0.817. The molecule has 0 spiro atoms. The highest BCUT2D eigenvalue weighted by atomic mass is 79.9. The molecule has 2 nitrogen and oxygen atoms in total. The molecule has 0 aliphatic carbocycles. The van der Waals surface area contributed by atoms with Crippen molar-refractivity contribution >= 4 is 51.7 Å². The summed E-state index contributed by atoms with van der Waals surface area (Å²) in [7, 11) is -1.97. The van der Waals surface area contributed by atoms with Gasteiger partial charge in [-0.25, -0.2) is 4.39 Å². The topological polar surface area (TPSA) is 40.5 Å². The van der Waals surface area contributed by atoms with Gasteiger partial charge in [0, 0.05) is 15.0 Å². The summed E-state index contributed by atoms with van der Waals surface area (Å²) in [4.78, 5) is 0. The summed E-state index contributed by atoms with van der Waals surface area (Å²) >= 11 is 14.0. The summed E-state index contributed by atoms with van der Waals surface area (Å²) in [6.07, 6.45) is 0. The predicted octanol–water partition coefficient (Wildman–Crippen LogP) is 1.57. The van der Waals surface area contributed by atoms with Gasteiger partial charge in [0.1, 0.15) is 5.82 Å². The molecule has 1 aromatic carbocycles. The average molecular weight is 288 g/mol. The molecule has 0 aromatic heterocycles. The maximum absolute atomic E-state index is 13.2. The number of rotatable bonds is 1. The molecule has 7 heteroatoms. The van der Waals surface area contributed by atoms with Gasteiger partial charge in [-0.2, -0.15) is 0 Å². The van der Waals surface area contributed by atoms with Gasteiger partial charge < -0.3 is 10.0 Å². The normalized spacial score (nSPS) is 10.3. The summed E-state index contributed by atoms with van der Waals surface area (Å²) in [6, 6.07) is 1.29. The molecule has 0 atom stereocenters. The molecule has 0 saturated heterocycles. The van der Waals surface area contributed by atoms with E-state index in [1.54, 1.807) is 0 Å². The van der Waals surface area contributed by atoms with Crippen LogP contribution in [0.4, 0.5) is 4.39 Å². The van der Waals surface area contributed by atoms with Crippen molar-refractivity contribution in [2.75, 3.05) is 0 Å². The zero-order valence-corrected chi connectivity index (χ0v) is 9.16. The minimum Gasteiger partial charge on any atom is -0.423 e. The van der Waals surface area contributed by atoms with Gasteiger partial charge in [-0.1, -0.05) is 23.2 Å². The van der Waals surface area contributed by atoms with Crippen molar-refractivity contribution in [3.63, 3.8) is 0 Å². The van der Waals surface area contributed by atoms with Gasteiger partial charge in [0.05, 0.1) is 5.02 Å². The standard InChI is InChI=1S/C6H3BBrCl2FO2/c8-2-1-3(9)4(7(12)13)6(11)5(2)10/h1,12-13H. The van der Waals surface area contributed by atoms with Crippen LogP contribution in [0.3, 0.4) is 0 Å². The molecule has 1 aromatic rings. The Kier molecular flexibility index (Phi) is 3.60. The van der Waals surface area contributed by atoms with Crippen LogP contribution in [-0.2, 0) is 0 Å². The van der Waals surface area contributed by atoms with Gasteiger partial charge in [-0.05, 0) is 22.0 Å². The third-order valence-corrected chi connectivity index (χ3v) is 2.94. The van der Waals surface area contributed by atoms with E-state index in [9.17, 15) is 4.39 Å². The lowest BCUT2D eigenvalue weighted by Crippen LogP contribution is -2.34. The number of hydrogen-bond donors (Lipinski definition) is 2. The van der Waals surface area contributed by atoms with Crippen molar-refractivity contribution in [1.29, 1.82) is 0 Å². The zero-order chi connectivity index (χ0) is 10.2. The Balaban J connectivity index is 3.44. The van der Waals surface area contributed by atoms with Crippen LogP contribution in [-0.4, -0.2) is 17.2 Å². The lowest BCUT2D eigenvalue weighted by molar-refractivity contribution is 0.423. The molecular weight excluding hydrogens is 285 g/mol. The smallest absolute Gasteiger partial charge is 0.423 e. The first kappa shape index (κ1) is 11.3. The van der Waals surface area contributed by atoms with Crippen LogP contribution in [0, 0.1) is 5.82 Å². The average Bonchev–Trinajstić information content (AvgIpc) is 1.99. The molecule has 70 valence electrons. The first-order valence-corrected chi connectivity index (χ1v) is 4.69. The van der Waals surface area contributed by atoms with E-state index in [1.807, 2.05) is 0 Å². The van der Waals surface area contributed by atoms with Crippen LogP contribution in [0.2, 0.25) is 10.0 Å². The van der Waals surface area contributed by atoms with Crippen LogP contribution in [0.25, 0.3) is 0 Å². The van der Waals surface area contributed by atoms with Crippen LogP contribution in [0.5, 0.6) is 0 Å². The molecule has 0 bridgehead atoms. The van der Waals surface area contributed by atoms with Gasteiger partial charge in [-0.15, -0.1) is 0 Å². The Labute approximate surface area is 92.6 Å². The van der Waals surface area contributed by atoms with E-state index in [-0.39, 0.29) is 14.5 Å². The van der Waals surface area contributed by atoms with Crippen LogP contribution >= 0.6 is 39.1 Å². The minimum absolute atomic E-state index is 0.0937. The summed E-state index contributed by atoms with van der Waals surface area (Å²) in [6.45, 7) is 0. The van der Waals surface area contributed by atoms with Crippen molar-refractivity contribution in [2.24, 2.45) is 0 Å².